The van der Waals surface area contributed by atoms with Crippen molar-refractivity contribution >= 4 is 117 Å². The van der Waals surface area contributed by atoms with Gasteiger partial charge < -0.3 is 71.7 Å². The van der Waals surface area contributed by atoms with E-state index in [2.05, 4.69) is 21.3 Å². The quantitative estimate of drug-likeness (QED) is 0.00639. The van der Waals surface area contributed by atoms with E-state index in [0.29, 0.717) is 29.7 Å². The highest BCUT2D eigenvalue weighted by atomic mass is 35.5. The molecule has 6 aromatic rings. The number of carbonyl (C=O) groups excluding carboxylic acids is 7. The molecule has 0 spiro atoms. The number of halogens is 26. The highest BCUT2D eigenvalue weighted by Gasteiger charge is 2.55. The third-order valence-corrected chi connectivity index (χ3v) is 23.8. The molecule has 2 fully saturated rings. The molecular formula is C96H114Cl5F21N8O15. The zero-order chi connectivity index (χ0) is 111. The van der Waals surface area contributed by atoms with Gasteiger partial charge in [-0.05, 0) is 245 Å². The molecule has 23 nitrogen and oxygen atoms in total. The molecule has 6 aromatic carbocycles. The maximum atomic E-state index is 13.2. The lowest BCUT2D eigenvalue weighted by Gasteiger charge is -2.30. The van der Waals surface area contributed by atoms with Crippen molar-refractivity contribution in [1.82, 2.24) is 31.1 Å². The van der Waals surface area contributed by atoms with Gasteiger partial charge in [0, 0.05) is 89.6 Å². The van der Waals surface area contributed by atoms with Gasteiger partial charge in [-0.1, -0.05) is 88.3 Å². The van der Waals surface area contributed by atoms with E-state index in [1.807, 2.05) is 65.7 Å². The molecule has 8 rings (SSSR count). The summed E-state index contributed by atoms with van der Waals surface area (Å²) < 4.78 is 286. The number of carboxylic acids is 2. The molecule has 145 heavy (non-hydrogen) atoms. The molecule has 0 aromatic heterocycles. The summed E-state index contributed by atoms with van der Waals surface area (Å²) in [5.41, 5.74) is 6.45. The van der Waals surface area contributed by atoms with Gasteiger partial charge in [0.05, 0.1) is 44.6 Å². The Balaban J connectivity index is 0.000000625. The van der Waals surface area contributed by atoms with E-state index in [1.165, 1.54) is 97.1 Å². The van der Waals surface area contributed by atoms with Crippen molar-refractivity contribution in [2.45, 2.75) is 222 Å². The first-order chi connectivity index (χ1) is 66.5. The molecule has 0 radical (unpaired) electrons. The lowest BCUT2D eigenvalue weighted by Crippen LogP contribution is -2.46. The Labute approximate surface area is 848 Å². The third-order valence-electron chi connectivity index (χ3n) is 21.4. The fourth-order valence-electron chi connectivity index (χ4n) is 12.4. The van der Waals surface area contributed by atoms with Crippen molar-refractivity contribution in [3.05, 3.63) is 207 Å². The average molecular weight is 2200 g/mol. The van der Waals surface area contributed by atoms with Crippen molar-refractivity contribution in [2.75, 3.05) is 60.4 Å². The molecule has 0 heterocycles. The van der Waals surface area contributed by atoms with Gasteiger partial charge in [-0.3, -0.25) is 28.8 Å². The smallest absolute Gasteiger partial charge is 0.402 e. The third kappa shape index (κ3) is 43.6. The Morgan fingerprint density at radius 3 is 1.00 bits per heavy atom. The van der Waals surface area contributed by atoms with Crippen LogP contribution in [0, 0.1) is 28.1 Å². The molecule has 0 saturated heterocycles. The molecule has 4 amide bonds. The minimum absolute atomic E-state index is 0.00315. The number of carboxylic acid groups (broad SMARTS) is 2. The maximum absolute atomic E-state index is 13.2. The normalized spacial score (nSPS) is 14.8. The SMILES string of the molecule is CC(C)(C(=O)NCc1ccc(Cl)c(C(=O)Cc2ccc(OCC(F)F)c(C(=O)NC3CCC(C(F)(F)F)CC3)c2)c1)C(F)(F)F.CC(C)(C(=O)NCc1ccc(Cl)c(C(=O)Cc2ccc(OCC(F)F)c(C(=O)O)c2)c1)C(F)(F)F.CC(C)(C(=O)NCc1ccc(Cl)c(C(=O)O)c1)C(F)(F)F.CC(C)=C(Cl)N(C)C.CC(C)=C(Cl)N(C)C.CCOC(=O)c1cc(N)ccc1OCC(F)F.NC1CCC(C(F)(F)F)CC1. The first kappa shape index (κ1) is 130. The van der Waals surface area contributed by atoms with Crippen LogP contribution in [0.3, 0.4) is 0 Å². The number of anilines is 1. The van der Waals surface area contributed by atoms with Crippen molar-refractivity contribution in [3.63, 3.8) is 0 Å². The van der Waals surface area contributed by atoms with E-state index in [4.69, 9.17) is 93.5 Å². The van der Waals surface area contributed by atoms with Crippen LogP contribution in [0.4, 0.5) is 97.9 Å². The highest BCUT2D eigenvalue weighted by Crippen LogP contribution is 2.43. The number of nitrogen functional groups attached to an aromatic ring is 1. The number of hydrogen-bond donors (Lipinski definition) is 8. The number of ether oxygens (including phenoxy) is 4. The van der Waals surface area contributed by atoms with E-state index >= 15 is 0 Å². The summed E-state index contributed by atoms with van der Waals surface area (Å²) in [4.78, 5) is 112. The van der Waals surface area contributed by atoms with Crippen molar-refractivity contribution < 1.29 is 165 Å². The average Bonchev–Trinajstić information content (AvgIpc) is 0.813. The minimum atomic E-state index is -4.79. The van der Waals surface area contributed by atoms with E-state index in [0.717, 1.165) is 75.1 Å². The summed E-state index contributed by atoms with van der Waals surface area (Å²) in [5.74, 6) is -12.0. The number of ketones is 2. The van der Waals surface area contributed by atoms with Crippen LogP contribution in [0.5, 0.6) is 17.2 Å². The number of Topliss-reactive ketones (excluding diaryl/α,β-unsaturated/α-hetero) is 2. The van der Waals surface area contributed by atoms with Crippen LogP contribution in [0.25, 0.3) is 0 Å². The fourth-order valence-corrected chi connectivity index (χ4v) is 13.1. The largest absolute Gasteiger partial charge is 0.487 e. The highest BCUT2D eigenvalue weighted by molar-refractivity contribution is 6.35. The van der Waals surface area contributed by atoms with E-state index in [9.17, 15) is 140 Å². The molecule has 810 valence electrons. The zero-order valence-corrected chi connectivity index (χ0v) is 84.8. The van der Waals surface area contributed by atoms with Crippen molar-refractivity contribution in [1.29, 1.82) is 0 Å². The van der Waals surface area contributed by atoms with E-state index in [1.54, 1.807) is 6.92 Å². The molecule has 0 atom stereocenters. The summed E-state index contributed by atoms with van der Waals surface area (Å²) in [5, 5.41) is 29.0. The number of amides is 4. The Kier molecular flexibility index (Phi) is 52.1. The monoisotopic (exact) mass is 2190 g/mol. The first-order valence-corrected chi connectivity index (χ1v) is 45.6. The van der Waals surface area contributed by atoms with Gasteiger partial charge in [-0.2, -0.15) is 65.9 Å². The van der Waals surface area contributed by atoms with Gasteiger partial charge >= 0.3 is 48.8 Å². The number of alkyl halides is 21. The zero-order valence-electron chi connectivity index (χ0n) is 81.0. The van der Waals surface area contributed by atoms with Gasteiger partial charge in [0.25, 0.3) is 25.2 Å². The van der Waals surface area contributed by atoms with Crippen LogP contribution in [-0.2, 0) is 51.6 Å². The standard InChI is InChI=1S/C30H31ClF8N2O4.C23H21ClF5NO5.C13H13ClF3NO3.C11H13F2NO3.C7H12F3N.2C6H12ClN/c1-28(2,30(37,38)39)27(44)40-14-17-3-9-22(31)20(12-17)23(42)13-16-4-10-24(45-15-25(32)33)21(11-16)26(43)41-19-7-5-18(6-8-19)29(34,35)36;1-22(2,23(27,28)29)21(34)30-10-13-3-5-16(24)14(8-13)17(31)9-12-4-6-18(35-11-19(25)26)15(7-12)20(32)33;1-12(2,13(15,16)17)11(21)18-6-7-3-4-9(14)8(5-7)10(19)20;1-2-16-11(15)8-5-7(14)3-4-9(8)17-6-10(12)13;8-7(9,10)5-1-3-6(11)4-2-5;2*1-5(2)6(7)8(3)4/h3-4,9-12,18-19,25H,5-8,13-15H2,1-2H3,(H,40,44)(H,41,43);3-8,19H,9-11H2,1-2H3,(H,30,34)(H,32,33);3-5H,6H2,1-2H3,(H,18,21)(H,19,20);3-5,10H,2,6,14H2,1H3;5-6H,1-4,11H2;2*1-4H3. The number of allylic oxidation sites excluding steroid dienone is 2. The predicted molar refractivity (Wildman–Crippen MR) is 505 cm³/mol. The molecule has 2 saturated carbocycles. The van der Waals surface area contributed by atoms with Crippen molar-refractivity contribution in [3.8, 4) is 17.2 Å². The molecule has 0 unspecified atom stereocenters. The summed E-state index contributed by atoms with van der Waals surface area (Å²) in [7, 11) is 7.70. The fraction of sp³-hybridized carbons (Fsp3) is 0.490. The van der Waals surface area contributed by atoms with Crippen LogP contribution >= 0.6 is 58.0 Å². The Morgan fingerprint density at radius 1 is 0.414 bits per heavy atom. The van der Waals surface area contributed by atoms with Gasteiger partial charge in [0.2, 0.25) is 17.7 Å². The van der Waals surface area contributed by atoms with Gasteiger partial charge in [-0.25, -0.2) is 40.7 Å². The second-order valence-corrected chi connectivity index (χ2v) is 36.9. The number of nitrogens with two attached hydrogens (primary N) is 2. The molecular weight excluding hydrogens is 2080 g/mol. The number of nitrogens with one attached hydrogen (secondary N) is 4. The summed E-state index contributed by atoms with van der Waals surface area (Å²) in [6, 6.07) is 23.1. The van der Waals surface area contributed by atoms with E-state index < -0.39 is 163 Å². The molecule has 10 N–H and O–H groups in total. The maximum Gasteiger partial charge on any atom is 0.402 e. The number of esters is 1. The number of nitrogens with zero attached hydrogens (tertiary/aromatic N) is 2. The second kappa shape index (κ2) is 58.1. The lowest BCUT2D eigenvalue weighted by atomic mass is 9.85. The Bertz CT molecular complexity index is 5360. The van der Waals surface area contributed by atoms with E-state index in [-0.39, 0.29) is 160 Å². The van der Waals surface area contributed by atoms with Crippen LogP contribution in [0.2, 0.25) is 15.1 Å². The molecule has 2 aliphatic carbocycles. The van der Waals surface area contributed by atoms with Crippen LogP contribution in [0.15, 0.2) is 131 Å². The topological polar surface area (TPSA) is 338 Å². The number of aromatic carboxylic acids is 2. The van der Waals surface area contributed by atoms with Gasteiger partial charge in [0.15, 0.2) is 11.6 Å². The van der Waals surface area contributed by atoms with Crippen LogP contribution < -0.4 is 46.9 Å². The Morgan fingerprint density at radius 2 is 0.703 bits per heavy atom. The summed E-state index contributed by atoms with van der Waals surface area (Å²) in [6.45, 7) is 10.6. The minimum Gasteiger partial charge on any atom is -0.487 e. The Hall–Kier alpha value is -10.8. The van der Waals surface area contributed by atoms with Crippen molar-refractivity contribution in [2.24, 2.45) is 33.8 Å². The second-order valence-electron chi connectivity index (χ2n) is 35.0. The number of hydrogen-bond acceptors (Lipinski definition) is 17. The number of rotatable bonds is 32. The summed E-state index contributed by atoms with van der Waals surface area (Å²) in [6.07, 6.45) is -30.3. The molecule has 0 bridgehead atoms. The number of carbonyl (C=O) groups is 9. The molecule has 49 heteroatoms. The van der Waals surface area contributed by atoms with Gasteiger partial charge in [0.1, 0.15) is 74.8 Å². The number of benzene rings is 6. The summed E-state index contributed by atoms with van der Waals surface area (Å²) >= 11 is 29.5. The first-order valence-electron chi connectivity index (χ1n) is 43.7. The van der Waals surface area contributed by atoms with Crippen LogP contribution in [-0.4, -0.2) is 190 Å². The van der Waals surface area contributed by atoms with Gasteiger partial charge in [-0.15, -0.1) is 0 Å². The molecule has 2 aliphatic rings. The predicted octanol–water partition coefficient (Wildman–Crippen LogP) is 24.3. The lowest BCUT2D eigenvalue weighted by molar-refractivity contribution is -0.212. The molecule has 0 aliphatic heterocycles. The van der Waals surface area contributed by atoms with Crippen LogP contribution in [0.1, 0.15) is 217 Å².